The van der Waals surface area contributed by atoms with Crippen LogP contribution < -0.4 is 11.5 Å². The maximum absolute atomic E-state index is 10.3. The van der Waals surface area contributed by atoms with Crippen LogP contribution in [0.25, 0.3) is 11.1 Å². The number of phenols is 2. The number of hydrogen-bond acceptors (Lipinski definition) is 4. The molecule has 0 spiro atoms. The van der Waals surface area contributed by atoms with Crippen LogP contribution in [0.15, 0.2) is 59.9 Å². The second-order valence-corrected chi connectivity index (χ2v) is 6.32. The van der Waals surface area contributed by atoms with Gasteiger partial charge in [-0.05, 0) is 36.1 Å². The molecule has 0 heterocycles. The van der Waals surface area contributed by atoms with E-state index < -0.39 is 0 Å². The smallest absolute Gasteiger partial charge is 0.123 e. The van der Waals surface area contributed by atoms with Crippen LogP contribution in [-0.4, -0.2) is 10.2 Å². The molecule has 26 heavy (non-hydrogen) atoms. The van der Waals surface area contributed by atoms with Crippen molar-refractivity contribution in [2.24, 2.45) is 11.5 Å². The Morgan fingerprint density at radius 2 is 1.04 bits per heavy atom. The van der Waals surface area contributed by atoms with Crippen molar-refractivity contribution in [3.63, 3.8) is 0 Å². The maximum Gasteiger partial charge on any atom is 0.123 e. The van der Waals surface area contributed by atoms with Gasteiger partial charge < -0.3 is 21.7 Å². The molecule has 0 unspecified atom stereocenters. The number of benzene rings is 2. The van der Waals surface area contributed by atoms with Crippen LogP contribution in [-0.2, 0) is 0 Å². The summed E-state index contributed by atoms with van der Waals surface area (Å²) in [6.45, 7) is 4.12. The van der Waals surface area contributed by atoms with Crippen molar-refractivity contribution in [3.05, 3.63) is 71.1 Å². The minimum Gasteiger partial charge on any atom is -0.507 e. The van der Waals surface area contributed by atoms with Gasteiger partial charge in [0.05, 0.1) is 11.4 Å². The van der Waals surface area contributed by atoms with E-state index in [2.05, 4.69) is 13.8 Å². The molecule has 4 heteroatoms. The Balaban J connectivity index is 2.68. The Kier molecular flexibility index (Phi) is 6.73. The molecule has 0 aliphatic heterocycles. The van der Waals surface area contributed by atoms with E-state index >= 15 is 0 Å². The third-order valence-corrected chi connectivity index (χ3v) is 4.40. The van der Waals surface area contributed by atoms with Gasteiger partial charge in [-0.3, -0.25) is 0 Å². The number of aromatic hydroxyl groups is 2. The van der Waals surface area contributed by atoms with E-state index in [0.29, 0.717) is 35.4 Å². The van der Waals surface area contributed by atoms with Gasteiger partial charge in [-0.15, -0.1) is 0 Å². The van der Waals surface area contributed by atoms with Crippen molar-refractivity contribution < 1.29 is 10.2 Å². The fourth-order valence-corrected chi connectivity index (χ4v) is 3.11. The Bertz CT molecular complexity index is 753. The number of rotatable bonds is 7. The number of nitrogens with two attached hydrogens (primary N) is 2. The van der Waals surface area contributed by atoms with E-state index in [-0.39, 0.29) is 11.5 Å². The fraction of sp³-hybridized carbons (Fsp3) is 0.273. The highest BCUT2D eigenvalue weighted by Crippen LogP contribution is 2.35. The zero-order chi connectivity index (χ0) is 19.1. The first-order valence-corrected chi connectivity index (χ1v) is 9.05. The van der Waals surface area contributed by atoms with Crippen LogP contribution in [0.3, 0.4) is 0 Å². The highest BCUT2D eigenvalue weighted by molar-refractivity contribution is 5.81. The Morgan fingerprint density at radius 1 is 0.692 bits per heavy atom. The van der Waals surface area contributed by atoms with Crippen LogP contribution in [0.1, 0.15) is 50.7 Å². The lowest BCUT2D eigenvalue weighted by molar-refractivity contribution is 0.472. The second-order valence-electron chi connectivity index (χ2n) is 6.32. The molecule has 2 aromatic carbocycles. The quantitative estimate of drug-likeness (QED) is 0.542. The topological polar surface area (TPSA) is 92.5 Å². The van der Waals surface area contributed by atoms with E-state index in [1.807, 2.05) is 24.3 Å². The zero-order valence-electron chi connectivity index (χ0n) is 15.5. The summed E-state index contributed by atoms with van der Waals surface area (Å²) < 4.78 is 0. The number of para-hydroxylation sites is 2. The van der Waals surface area contributed by atoms with Gasteiger partial charge in [0.2, 0.25) is 0 Å². The van der Waals surface area contributed by atoms with Crippen LogP contribution in [0.5, 0.6) is 11.5 Å². The lowest BCUT2D eigenvalue weighted by Crippen LogP contribution is -2.15. The molecular formula is C22H28N2O2. The minimum absolute atomic E-state index is 0.186. The summed E-state index contributed by atoms with van der Waals surface area (Å²) in [5.74, 6) is 0.373. The largest absolute Gasteiger partial charge is 0.507 e. The lowest BCUT2D eigenvalue weighted by atomic mass is 9.92. The zero-order valence-corrected chi connectivity index (χ0v) is 15.5. The van der Waals surface area contributed by atoms with Crippen LogP contribution in [0.4, 0.5) is 0 Å². The molecule has 0 saturated carbocycles. The van der Waals surface area contributed by atoms with Crippen LogP contribution in [0.2, 0.25) is 0 Å². The first-order valence-electron chi connectivity index (χ1n) is 9.05. The maximum atomic E-state index is 10.3. The Labute approximate surface area is 155 Å². The molecule has 0 atom stereocenters. The summed E-state index contributed by atoms with van der Waals surface area (Å²) in [6.07, 6.45) is 3.14. The molecule has 0 amide bonds. The number of phenolic OH excluding ortho intramolecular Hbond substituents is 2. The van der Waals surface area contributed by atoms with Gasteiger partial charge >= 0.3 is 0 Å². The second kappa shape index (κ2) is 8.99. The summed E-state index contributed by atoms with van der Waals surface area (Å²) in [7, 11) is 0. The average Bonchev–Trinajstić information content (AvgIpc) is 2.64. The third-order valence-electron chi connectivity index (χ3n) is 4.40. The van der Waals surface area contributed by atoms with Gasteiger partial charge in [0.1, 0.15) is 11.5 Å². The predicted octanol–water partition coefficient (Wildman–Crippen LogP) is 4.74. The Morgan fingerprint density at radius 3 is 1.35 bits per heavy atom. The molecule has 2 rings (SSSR count). The van der Waals surface area contributed by atoms with Gasteiger partial charge in [0, 0.05) is 11.1 Å². The molecule has 0 aliphatic carbocycles. The van der Waals surface area contributed by atoms with Crippen molar-refractivity contribution in [2.75, 3.05) is 0 Å². The summed E-state index contributed by atoms with van der Waals surface area (Å²) in [4.78, 5) is 0. The minimum atomic E-state index is 0.186. The van der Waals surface area contributed by atoms with Crippen molar-refractivity contribution in [2.45, 2.75) is 39.5 Å². The van der Waals surface area contributed by atoms with Crippen molar-refractivity contribution in [1.29, 1.82) is 0 Å². The fourth-order valence-electron chi connectivity index (χ4n) is 3.11. The molecule has 0 bridgehead atoms. The highest BCUT2D eigenvalue weighted by Gasteiger charge is 2.17. The standard InChI is InChI=1S/C22H28N2O2/c1-3-9-17(15-11-5-7-13-19(15)25)21(23)22(24)18(10-4-2)16-12-6-8-14-20(16)26/h5-8,11-14,25-26H,3-4,9-10,23-24H2,1-2H3. The summed E-state index contributed by atoms with van der Waals surface area (Å²) in [6, 6.07) is 14.3. The first kappa shape index (κ1) is 19.4. The molecule has 0 saturated heterocycles. The highest BCUT2D eigenvalue weighted by atomic mass is 16.3. The molecule has 138 valence electrons. The average molecular weight is 352 g/mol. The molecule has 0 aromatic heterocycles. The van der Waals surface area contributed by atoms with E-state index in [0.717, 1.165) is 24.0 Å². The van der Waals surface area contributed by atoms with E-state index in [1.54, 1.807) is 24.3 Å². The molecule has 0 fully saturated rings. The van der Waals surface area contributed by atoms with Gasteiger partial charge in [-0.2, -0.15) is 0 Å². The lowest BCUT2D eigenvalue weighted by Gasteiger charge is -2.18. The summed E-state index contributed by atoms with van der Waals surface area (Å²) in [5.41, 5.74) is 16.9. The van der Waals surface area contributed by atoms with Crippen LogP contribution in [0, 0.1) is 0 Å². The van der Waals surface area contributed by atoms with Crippen molar-refractivity contribution >= 4 is 11.1 Å². The molecule has 2 aromatic rings. The molecule has 4 nitrogen and oxygen atoms in total. The predicted molar refractivity (Wildman–Crippen MR) is 108 cm³/mol. The molecule has 0 aliphatic rings. The van der Waals surface area contributed by atoms with Gasteiger partial charge in [0.25, 0.3) is 0 Å². The summed E-state index contributed by atoms with van der Waals surface area (Å²) in [5, 5.41) is 20.5. The SMILES string of the molecule is CCCC(=C(N)C(N)=C(CCC)c1ccccc1O)c1ccccc1O. The van der Waals surface area contributed by atoms with E-state index in [9.17, 15) is 10.2 Å². The number of allylic oxidation sites excluding steroid dienone is 2. The summed E-state index contributed by atoms with van der Waals surface area (Å²) >= 11 is 0. The Hall–Kier alpha value is -2.88. The van der Waals surface area contributed by atoms with Crippen LogP contribution >= 0.6 is 0 Å². The molecular weight excluding hydrogens is 324 g/mol. The first-order chi connectivity index (χ1) is 12.5. The number of hydrogen-bond donors (Lipinski definition) is 4. The van der Waals surface area contributed by atoms with E-state index in [1.165, 1.54) is 0 Å². The van der Waals surface area contributed by atoms with Gasteiger partial charge in [-0.1, -0.05) is 63.1 Å². The van der Waals surface area contributed by atoms with Gasteiger partial charge in [0.15, 0.2) is 0 Å². The molecule has 0 radical (unpaired) electrons. The monoisotopic (exact) mass is 352 g/mol. The molecule has 6 N–H and O–H groups in total. The van der Waals surface area contributed by atoms with Crippen molar-refractivity contribution in [3.8, 4) is 11.5 Å². The normalized spacial score (nSPS) is 13.2. The van der Waals surface area contributed by atoms with E-state index in [4.69, 9.17) is 11.5 Å². The third kappa shape index (κ3) is 4.20. The van der Waals surface area contributed by atoms with Gasteiger partial charge in [-0.25, -0.2) is 0 Å². The van der Waals surface area contributed by atoms with Crippen molar-refractivity contribution in [1.82, 2.24) is 0 Å².